The highest BCUT2D eigenvalue weighted by Gasteiger charge is 2.35. The Bertz CT molecular complexity index is 374. The van der Waals surface area contributed by atoms with E-state index in [9.17, 15) is 13.2 Å². The summed E-state index contributed by atoms with van der Waals surface area (Å²) in [6.07, 6.45) is -3.94. The Kier molecular flexibility index (Phi) is 6.18. The van der Waals surface area contributed by atoms with Gasteiger partial charge in [0, 0.05) is 11.7 Å². The van der Waals surface area contributed by atoms with Gasteiger partial charge in [-0.3, -0.25) is 4.79 Å². The molecular formula is C11H16F3N3O. The lowest BCUT2D eigenvalue weighted by atomic mass is 10.1. The van der Waals surface area contributed by atoms with Gasteiger partial charge in [0.15, 0.2) is 0 Å². The van der Waals surface area contributed by atoms with E-state index >= 15 is 0 Å². The fraction of sp³-hybridized carbons (Fsp3) is 0.364. The molecule has 102 valence electrons. The van der Waals surface area contributed by atoms with Crippen LogP contribution in [0.2, 0.25) is 0 Å². The highest BCUT2D eigenvalue weighted by atomic mass is 19.4. The highest BCUT2D eigenvalue weighted by molar-refractivity contribution is 5.79. The van der Waals surface area contributed by atoms with E-state index in [2.05, 4.69) is 5.73 Å². The molecule has 0 aliphatic carbocycles. The maximum absolute atomic E-state index is 10.7. The van der Waals surface area contributed by atoms with Crippen molar-refractivity contribution >= 4 is 11.6 Å². The molecule has 1 rings (SSSR count). The Morgan fingerprint density at radius 2 is 1.67 bits per heavy atom. The molecule has 6 N–H and O–H groups in total. The third kappa shape index (κ3) is 7.50. The van der Waals surface area contributed by atoms with E-state index in [-0.39, 0.29) is 6.04 Å². The molecule has 0 spiro atoms. The van der Waals surface area contributed by atoms with E-state index in [1.54, 1.807) is 0 Å². The molecule has 7 heteroatoms. The topological polar surface area (TPSA) is 95.1 Å². The van der Waals surface area contributed by atoms with Crippen LogP contribution in [0.1, 0.15) is 12.5 Å². The number of nitrogens with two attached hydrogens (primary N) is 3. The molecule has 1 aromatic carbocycles. The first-order valence-electron chi connectivity index (χ1n) is 5.09. The monoisotopic (exact) mass is 263 g/mol. The highest BCUT2D eigenvalue weighted by Crippen LogP contribution is 2.11. The van der Waals surface area contributed by atoms with Gasteiger partial charge in [0.2, 0.25) is 0 Å². The molecule has 1 atom stereocenters. The lowest BCUT2D eigenvalue weighted by Gasteiger charge is -2.04. The van der Waals surface area contributed by atoms with Crippen LogP contribution in [0.25, 0.3) is 0 Å². The van der Waals surface area contributed by atoms with Crippen LogP contribution in [0.15, 0.2) is 24.3 Å². The number of anilines is 1. The summed E-state index contributed by atoms with van der Waals surface area (Å²) < 4.78 is 32.1. The first kappa shape index (κ1) is 16.2. The van der Waals surface area contributed by atoms with E-state index in [1.165, 1.54) is 5.56 Å². The van der Waals surface area contributed by atoms with Gasteiger partial charge in [-0.05, 0) is 31.0 Å². The van der Waals surface area contributed by atoms with E-state index in [1.807, 2.05) is 31.2 Å². The first-order valence-corrected chi connectivity index (χ1v) is 5.09. The number of alkyl halides is 3. The fourth-order valence-corrected chi connectivity index (χ4v) is 1.03. The summed E-state index contributed by atoms with van der Waals surface area (Å²) >= 11 is 0. The molecule has 0 saturated heterocycles. The van der Waals surface area contributed by atoms with Gasteiger partial charge in [0.1, 0.15) is 0 Å². The minimum atomic E-state index is -4.86. The number of hydrogen-bond acceptors (Lipinski definition) is 3. The third-order valence-corrected chi connectivity index (χ3v) is 1.82. The molecule has 0 aliphatic rings. The largest absolute Gasteiger partial charge is 0.470 e. The molecule has 0 heterocycles. The molecule has 0 aliphatic heterocycles. The second-order valence-electron chi connectivity index (χ2n) is 3.78. The molecule has 0 fully saturated rings. The van der Waals surface area contributed by atoms with Crippen molar-refractivity contribution in [3.05, 3.63) is 29.8 Å². The number of hydrogen-bond donors (Lipinski definition) is 3. The number of carbonyl (C=O) groups excluding carboxylic acids is 1. The van der Waals surface area contributed by atoms with Crippen LogP contribution in [0.4, 0.5) is 18.9 Å². The number of nitrogen functional groups attached to an aromatic ring is 1. The number of benzene rings is 1. The van der Waals surface area contributed by atoms with Crippen LogP contribution < -0.4 is 17.2 Å². The molecule has 0 bridgehead atoms. The van der Waals surface area contributed by atoms with E-state index in [4.69, 9.17) is 16.3 Å². The maximum Gasteiger partial charge on any atom is 0.470 e. The van der Waals surface area contributed by atoms with Gasteiger partial charge in [-0.1, -0.05) is 12.1 Å². The van der Waals surface area contributed by atoms with Gasteiger partial charge in [-0.25, -0.2) is 0 Å². The number of primary amides is 1. The zero-order chi connectivity index (χ0) is 14.3. The Morgan fingerprint density at radius 1 is 1.28 bits per heavy atom. The van der Waals surface area contributed by atoms with Crippen LogP contribution in [0.3, 0.4) is 0 Å². The van der Waals surface area contributed by atoms with Crippen molar-refractivity contribution in [1.82, 2.24) is 0 Å². The normalized spacial score (nSPS) is 12.3. The molecular weight excluding hydrogens is 247 g/mol. The van der Waals surface area contributed by atoms with Crippen LogP contribution in [0.5, 0.6) is 0 Å². The summed E-state index contributed by atoms with van der Waals surface area (Å²) in [4.78, 5) is 9.12. The Hall–Kier alpha value is -1.76. The molecule has 1 amide bonds. The van der Waals surface area contributed by atoms with Crippen molar-refractivity contribution in [2.75, 3.05) is 5.73 Å². The average molecular weight is 263 g/mol. The lowest BCUT2D eigenvalue weighted by molar-refractivity contribution is -0.169. The Balaban J connectivity index is 0.000000360. The lowest BCUT2D eigenvalue weighted by Crippen LogP contribution is -2.30. The van der Waals surface area contributed by atoms with Gasteiger partial charge in [0.05, 0.1) is 0 Å². The predicted molar refractivity (Wildman–Crippen MR) is 63.5 cm³/mol. The summed E-state index contributed by atoms with van der Waals surface area (Å²) in [5, 5.41) is 0. The van der Waals surface area contributed by atoms with Crippen LogP contribution >= 0.6 is 0 Å². The second kappa shape index (κ2) is 6.85. The first-order chi connectivity index (χ1) is 8.12. The van der Waals surface area contributed by atoms with Crippen molar-refractivity contribution in [2.45, 2.75) is 25.6 Å². The van der Waals surface area contributed by atoms with Gasteiger partial charge in [-0.15, -0.1) is 0 Å². The van der Waals surface area contributed by atoms with Crippen LogP contribution in [0, 0.1) is 0 Å². The van der Waals surface area contributed by atoms with E-state index in [0.29, 0.717) is 0 Å². The average Bonchev–Trinajstić information content (AvgIpc) is 2.20. The van der Waals surface area contributed by atoms with Crippen molar-refractivity contribution in [2.24, 2.45) is 11.5 Å². The van der Waals surface area contributed by atoms with Gasteiger partial charge in [-0.2, -0.15) is 13.2 Å². The Labute approximate surface area is 103 Å². The summed E-state index contributed by atoms with van der Waals surface area (Å²) in [5.41, 5.74) is 17.0. The van der Waals surface area contributed by atoms with Gasteiger partial charge in [0.25, 0.3) is 0 Å². The van der Waals surface area contributed by atoms with Gasteiger partial charge < -0.3 is 17.2 Å². The smallest absolute Gasteiger partial charge is 0.399 e. The van der Waals surface area contributed by atoms with E-state index < -0.39 is 12.1 Å². The second-order valence-corrected chi connectivity index (χ2v) is 3.78. The molecule has 18 heavy (non-hydrogen) atoms. The van der Waals surface area contributed by atoms with Crippen LogP contribution in [-0.2, 0) is 11.2 Å². The minimum Gasteiger partial charge on any atom is -0.399 e. The maximum atomic E-state index is 10.7. The molecule has 1 unspecified atom stereocenters. The number of rotatable bonds is 2. The van der Waals surface area contributed by atoms with Crippen molar-refractivity contribution < 1.29 is 18.0 Å². The molecule has 4 nitrogen and oxygen atoms in total. The molecule has 0 radical (unpaired) electrons. The van der Waals surface area contributed by atoms with Crippen molar-refractivity contribution in [1.29, 1.82) is 0 Å². The van der Waals surface area contributed by atoms with Crippen molar-refractivity contribution in [3.8, 4) is 0 Å². The summed E-state index contributed by atoms with van der Waals surface area (Å²) in [7, 11) is 0. The predicted octanol–water partition coefficient (Wildman–Crippen LogP) is 1.19. The molecule has 0 saturated carbocycles. The van der Waals surface area contributed by atoms with Gasteiger partial charge >= 0.3 is 12.1 Å². The number of carbonyl (C=O) groups is 1. The zero-order valence-electron chi connectivity index (χ0n) is 9.87. The minimum absolute atomic E-state index is 0.221. The number of halogens is 3. The molecule has 1 aromatic rings. The van der Waals surface area contributed by atoms with E-state index in [0.717, 1.165) is 12.1 Å². The van der Waals surface area contributed by atoms with Crippen LogP contribution in [-0.4, -0.2) is 18.1 Å². The summed E-state index contributed by atoms with van der Waals surface area (Å²) in [6, 6.07) is 8.05. The third-order valence-electron chi connectivity index (χ3n) is 1.82. The standard InChI is InChI=1S/C9H14N2.C2H2F3NO/c1-7(10)6-8-2-4-9(11)5-3-8;3-2(4,5)1(6)7/h2-5,7H,6,10-11H2,1H3;(H2,6,7). The Morgan fingerprint density at radius 3 is 1.94 bits per heavy atom. The molecule has 0 aromatic heterocycles. The summed E-state index contributed by atoms with van der Waals surface area (Å²) in [6.45, 7) is 2.00. The summed E-state index contributed by atoms with van der Waals surface area (Å²) in [5.74, 6) is -2.26. The SMILES string of the molecule is CC(N)Cc1ccc(N)cc1.NC(=O)C(F)(F)F. The van der Waals surface area contributed by atoms with Crippen molar-refractivity contribution in [3.63, 3.8) is 0 Å². The quantitative estimate of drug-likeness (QED) is 0.699. The fourth-order valence-electron chi connectivity index (χ4n) is 1.03. The zero-order valence-corrected chi connectivity index (χ0v) is 9.87. The number of amides is 1.